The van der Waals surface area contributed by atoms with Gasteiger partial charge < -0.3 is 20.1 Å². The van der Waals surface area contributed by atoms with Gasteiger partial charge in [-0.2, -0.15) is 0 Å². The third kappa shape index (κ3) is 3.10. The molecule has 0 saturated carbocycles. The summed E-state index contributed by atoms with van der Waals surface area (Å²) < 4.78 is 4.05. The van der Waals surface area contributed by atoms with Crippen molar-refractivity contribution in [2.24, 2.45) is 0 Å². The van der Waals surface area contributed by atoms with Gasteiger partial charge in [-0.3, -0.25) is 0 Å². The molecule has 1 rings (SSSR count). The molecule has 0 heterocycles. The number of benzene rings is 1. The Bertz CT molecular complexity index is 463. The van der Waals surface area contributed by atoms with E-state index >= 15 is 0 Å². The van der Waals surface area contributed by atoms with Crippen LogP contribution in [0.2, 0.25) is 0 Å². The molecule has 0 fully saturated rings. The molecule has 0 aliphatic heterocycles. The van der Waals surface area contributed by atoms with Crippen molar-refractivity contribution in [3.8, 4) is 0 Å². The summed E-state index contributed by atoms with van der Waals surface area (Å²) in [6, 6.07) is 5.06. The Kier molecular flexibility index (Phi) is 3.91. The third-order valence-corrected chi connectivity index (χ3v) is 1.78. The van der Waals surface area contributed by atoms with E-state index < -0.39 is 24.2 Å². The molecule has 7 heteroatoms. The Labute approximate surface area is 94.9 Å². The second-order valence-corrected chi connectivity index (χ2v) is 2.93. The van der Waals surface area contributed by atoms with Crippen molar-refractivity contribution in [2.75, 3.05) is 0 Å². The van der Waals surface area contributed by atoms with E-state index in [0.717, 1.165) is 12.1 Å². The Hall–Kier alpha value is -2.25. The average Bonchev–Trinajstić information content (AvgIpc) is 2.28. The summed E-state index contributed by atoms with van der Waals surface area (Å²) in [4.78, 5) is 32.8. The molecule has 90 valence electrons. The first-order valence-electron chi connectivity index (χ1n) is 4.38. The molecule has 17 heavy (non-hydrogen) atoms. The minimum absolute atomic E-state index is 0.349. The number of hydrogen-bond donors (Lipinski definition) is 3. The van der Waals surface area contributed by atoms with E-state index in [1.807, 2.05) is 0 Å². The quantitative estimate of drug-likeness (QED) is 0.365. The maximum atomic E-state index is 11.4. The van der Waals surface area contributed by atoms with Crippen LogP contribution in [-0.4, -0.2) is 39.5 Å². The molecule has 0 bridgehead atoms. The zero-order valence-corrected chi connectivity index (χ0v) is 8.36. The van der Waals surface area contributed by atoms with Crippen molar-refractivity contribution < 1.29 is 34.4 Å². The van der Waals surface area contributed by atoms with Gasteiger partial charge in [0.25, 0.3) is 6.29 Å². The molecule has 0 aromatic heterocycles. The van der Waals surface area contributed by atoms with Gasteiger partial charge >= 0.3 is 17.9 Å². The maximum Gasteiger partial charge on any atom is 0.370 e. The van der Waals surface area contributed by atoms with Gasteiger partial charge in [-0.15, -0.1) is 0 Å². The number of rotatable bonds is 3. The van der Waals surface area contributed by atoms with Gasteiger partial charge in [-0.05, 0) is 12.1 Å². The summed E-state index contributed by atoms with van der Waals surface area (Å²) in [6.07, 6.45) is -2.45. The van der Waals surface area contributed by atoms with Gasteiger partial charge in [-0.1, -0.05) is 12.1 Å². The summed E-state index contributed by atoms with van der Waals surface area (Å²) in [5, 5.41) is 25.6. The number of carbonyl (C=O) groups excluding carboxylic acids is 2. The summed E-state index contributed by atoms with van der Waals surface area (Å²) in [6.45, 7) is 0. The zero-order chi connectivity index (χ0) is 13.0. The summed E-state index contributed by atoms with van der Waals surface area (Å²) in [5.41, 5.74) is -0.702. The van der Waals surface area contributed by atoms with Crippen molar-refractivity contribution in [2.45, 2.75) is 6.29 Å². The van der Waals surface area contributed by atoms with Crippen molar-refractivity contribution in [3.05, 3.63) is 35.4 Å². The van der Waals surface area contributed by atoms with Gasteiger partial charge in [0.2, 0.25) is 0 Å². The largest absolute Gasteiger partial charge is 0.478 e. The van der Waals surface area contributed by atoms with Gasteiger partial charge in [0, 0.05) is 0 Å². The summed E-state index contributed by atoms with van der Waals surface area (Å²) in [5.74, 6) is -4.20. The van der Waals surface area contributed by atoms with Crippen LogP contribution in [0.1, 0.15) is 20.7 Å². The normalized spacial score (nSPS) is 10.1. The van der Waals surface area contributed by atoms with E-state index in [4.69, 9.17) is 15.3 Å². The van der Waals surface area contributed by atoms with Crippen LogP contribution in [0.5, 0.6) is 0 Å². The van der Waals surface area contributed by atoms with E-state index in [9.17, 15) is 14.4 Å². The fourth-order valence-electron chi connectivity index (χ4n) is 1.05. The van der Waals surface area contributed by atoms with Gasteiger partial charge in [0.15, 0.2) is 0 Å². The van der Waals surface area contributed by atoms with Crippen LogP contribution in [-0.2, 0) is 9.53 Å². The summed E-state index contributed by atoms with van der Waals surface area (Å²) in [7, 11) is 0. The molecule has 7 nitrogen and oxygen atoms in total. The number of aliphatic hydroxyl groups excluding tert-OH is 1. The highest BCUT2D eigenvalue weighted by Crippen LogP contribution is 2.10. The highest BCUT2D eigenvalue weighted by Gasteiger charge is 2.22. The smallest absolute Gasteiger partial charge is 0.370 e. The predicted molar refractivity (Wildman–Crippen MR) is 52.0 cm³/mol. The Morgan fingerprint density at radius 2 is 1.59 bits per heavy atom. The van der Waals surface area contributed by atoms with Crippen LogP contribution in [0.4, 0.5) is 0 Å². The molecule has 0 spiro atoms. The number of esters is 2. The first-order chi connectivity index (χ1) is 7.93. The molecular weight excluding hydrogens is 232 g/mol. The van der Waals surface area contributed by atoms with Crippen molar-refractivity contribution in [3.63, 3.8) is 0 Å². The SMILES string of the molecule is O=C(O)c1ccccc1C(=O)OC(=O)C(O)O. The van der Waals surface area contributed by atoms with E-state index in [-0.39, 0.29) is 11.1 Å². The van der Waals surface area contributed by atoms with Crippen LogP contribution in [0.25, 0.3) is 0 Å². The minimum atomic E-state index is -2.45. The van der Waals surface area contributed by atoms with Crippen LogP contribution in [0.3, 0.4) is 0 Å². The lowest BCUT2D eigenvalue weighted by molar-refractivity contribution is -0.166. The van der Waals surface area contributed by atoms with Crippen LogP contribution < -0.4 is 0 Å². The zero-order valence-electron chi connectivity index (χ0n) is 8.36. The van der Waals surface area contributed by atoms with Crippen molar-refractivity contribution >= 4 is 17.9 Å². The fourth-order valence-corrected chi connectivity index (χ4v) is 1.05. The number of carbonyl (C=O) groups is 3. The molecule has 0 saturated heterocycles. The maximum absolute atomic E-state index is 11.4. The molecule has 0 radical (unpaired) electrons. The second kappa shape index (κ2) is 5.19. The number of carboxylic acids is 1. The molecule has 0 aliphatic rings. The number of hydrogen-bond acceptors (Lipinski definition) is 6. The van der Waals surface area contributed by atoms with E-state index in [1.54, 1.807) is 0 Å². The van der Waals surface area contributed by atoms with Crippen LogP contribution in [0, 0.1) is 0 Å². The topological polar surface area (TPSA) is 121 Å². The van der Waals surface area contributed by atoms with E-state index in [2.05, 4.69) is 4.74 Å². The van der Waals surface area contributed by atoms with E-state index in [1.165, 1.54) is 12.1 Å². The molecule has 1 aromatic rings. The van der Waals surface area contributed by atoms with E-state index in [0.29, 0.717) is 0 Å². The molecular formula is C10H8O7. The van der Waals surface area contributed by atoms with Gasteiger partial charge in [0.1, 0.15) is 0 Å². The minimum Gasteiger partial charge on any atom is -0.478 e. The van der Waals surface area contributed by atoms with Gasteiger partial charge in [0.05, 0.1) is 11.1 Å². The van der Waals surface area contributed by atoms with Crippen molar-refractivity contribution in [1.29, 1.82) is 0 Å². The lowest BCUT2D eigenvalue weighted by atomic mass is 10.1. The van der Waals surface area contributed by atoms with Crippen molar-refractivity contribution in [1.82, 2.24) is 0 Å². The second-order valence-electron chi connectivity index (χ2n) is 2.93. The predicted octanol–water partition coefficient (Wildman–Crippen LogP) is -0.621. The molecule has 0 aliphatic carbocycles. The molecule has 3 N–H and O–H groups in total. The fraction of sp³-hybridized carbons (Fsp3) is 0.100. The highest BCUT2D eigenvalue weighted by molar-refractivity contribution is 6.05. The average molecular weight is 240 g/mol. The molecule has 0 amide bonds. The molecule has 1 aromatic carbocycles. The Morgan fingerprint density at radius 3 is 2.06 bits per heavy atom. The van der Waals surface area contributed by atoms with Crippen LogP contribution >= 0.6 is 0 Å². The monoisotopic (exact) mass is 240 g/mol. The first-order valence-corrected chi connectivity index (χ1v) is 4.38. The first kappa shape index (κ1) is 12.8. The van der Waals surface area contributed by atoms with Gasteiger partial charge in [-0.25, -0.2) is 14.4 Å². The Balaban J connectivity index is 2.97. The van der Waals surface area contributed by atoms with Crippen LogP contribution in [0.15, 0.2) is 24.3 Å². The Morgan fingerprint density at radius 1 is 1.06 bits per heavy atom. The number of carboxylic acid groups (broad SMARTS) is 1. The summed E-state index contributed by atoms with van der Waals surface area (Å²) >= 11 is 0. The standard InChI is InChI=1S/C10H8O7/c11-7(12)5-3-1-2-4-6(5)9(15)17-10(16)8(13)14/h1-4,8,13-14H,(H,11,12). The number of aromatic carboxylic acids is 1. The molecule has 0 atom stereocenters. The highest BCUT2D eigenvalue weighted by atomic mass is 16.6. The molecule has 0 unspecified atom stereocenters. The third-order valence-electron chi connectivity index (χ3n) is 1.78. The lowest BCUT2D eigenvalue weighted by Gasteiger charge is -2.06. The lowest BCUT2D eigenvalue weighted by Crippen LogP contribution is -2.26. The number of ether oxygens (including phenoxy) is 1. The number of aliphatic hydroxyl groups is 2.